The van der Waals surface area contributed by atoms with Gasteiger partial charge in [-0.05, 0) is 36.2 Å². The Kier molecular flexibility index (Phi) is 4.46. The number of nitrogens with one attached hydrogen (secondary N) is 1. The van der Waals surface area contributed by atoms with Gasteiger partial charge in [-0.1, -0.05) is 29.8 Å². The Labute approximate surface area is 155 Å². The fraction of sp³-hybridized carbons (Fsp3) is 0.158. The summed E-state index contributed by atoms with van der Waals surface area (Å²) in [4.78, 5) is 18.8. The first-order chi connectivity index (χ1) is 12.7. The molecule has 26 heavy (non-hydrogen) atoms. The number of aromatic nitrogens is 3. The predicted octanol–water partition coefficient (Wildman–Crippen LogP) is 4.67. The number of halogens is 1. The molecule has 0 saturated carbocycles. The lowest BCUT2D eigenvalue weighted by Crippen LogP contribution is -2.01. The first kappa shape index (κ1) is 16.8. The zero-order valence-electron chi connectivity index (χ0n) is 14.4. The minimum Gasteiger partial charge on any atom is -0.337 e. The first-order valence-corrected chi connectivity index (χ1v) is 8.47. The Bertz CT molecular complexity index is 1070. The molecule has 0 aliphatic carbocycles. The van der Waals surface area contributed by atoms with Gasteiger partial charge in [-0.25, -0.2) is 19.7 Å². The second-order valence-corrected chi connectivity index (χ2v) is 6.33. The van der Waals surface area contributed by atoms with Gasteiger partial charge in [0.15, 0.2) is 5.82 Å². The van der Waals surface area contributed by atoms with Crippen molar-refractivity contribution in [2.24, 2.45) is 0 Å². The van der Waals surface area contributed by atoms with Crippen molar-refractivity contribution >= 4 is 39.7 Å². The molecule has 0 amide bonds. The third kappa shape index (κ3) is 2.99. The average Bonchev–Trinajstić information content (AvgIpc) is 3.13. The Hall–Kier alpha value is -2.67. The number of benzene rings is 2. The number of hydrogen-bond acceptors (Lipinski definition) is 5. The highest BCUT2D eigenvalue weighted by molar-refractivity contribution is 6.33. The van der Waals surface area contributed by atoms with E-state index in [1.165, 1.54) is 7.11 Å². The molecule has 0 saturated heterocycles. The number of imidazole rings is 1. The molecule has 2 aromatic heterocycles. The molecule has 2 heterocycles. The minimum absolute atomic E-state index is 0.363. The molecule has 0 bridgehead atoms. The van der Waals surface area contributed by atoms with E-state index in [4.69, 9.17) is 21.5 Å². The summed E-state index contributed by atoms with van der Waals surface area (Å²) >= 11 is 6.35. The van der Waals surface area contributed by atoms with Crippen molar-refractivity contribution in [2.75, 3.05) is 12.4 Å². The second kappa shape index (κ2) is 6.92. The van der Waals surface area contributed by atoms with Gasteiger partial charge in [-0.15, -0.1) is 0 Å². The van der Waals surface area contributed by atoms with Crippen LogP contribution in [0.2, 0.25) is 5.02 Å². The zero-order chi connectivity index (χ0) is 18.1. The van der Waals surface area contributed by atoms with Crippen LogP contribution in [0.3, 0.4) is 0 Å². The van der Waals surface area contributed by atoms with Crippen molar-refractivity contribution in [3.05, 3.63) is 65.1 Å². The smallest absolute Gasteiger partial charge is 0.157 e. The van der Waals surface area contributed by atoms with Crippen molar-refractivity contribution in [3.63, 3.8) is 0 Å². The van der Waals surface area contributed by atoms with E-state index in [1.54, 1.807) is 12.5 Å². The predicted molar refractivity (Wildman–Crippen MR) is 102 cm³/mol. The van der Waals surface area contributed by atoms with Crippen molar-refractivity contribution in [3.8, 4) is 0 Å². The highest BCUT2D eigenvalue weighted by Crippen LogP contribution is 2.31. The minimum atomic E-state index is 0.363. The van der Waals surface area contributed by atoms with Crippen LogP contribution in [0.25, 0.3) is 16.6 Å². The van der Waals surface area contributed by atoms with Crippen LogP contribution in [0, 0.1) is 6.92 Å². The van der Waals surface area contributed by atoms with E-state index in [1.807, 2.05) is 47.7 Å². The molecule has 0 atom stereocenters. The molecule has 0 unspecified atom stereocenters. The number of para-hydroxylation sites is 1. The van der Waals surface area contributed by atoms with E-state index < -0.39 is 0 Å². The van der Waals surface area contributed by atoms with Crippen LogP contribution < -0.4 is 5.32 Å². The molecule has 132 valence electrons. The van der Waals surface area contributed by atoms with Gasteiger partial charge in [0.05, 0.1) is 41.4 Å². The van der Waals surface area contributed by atoms with Gasteiger partial charge in [-0.3, -0.25) is 4.40 Å². The summed E-state index contributed by atoms with van der Waals surface area (Å²) in [5.41, 5.74) is 5.51. The van der Waals surface area contributed by atoms with E-state index in [0.29, 0.717) is 17.4 Å². The molecule has 1 N–H and O–H groups in total. The number of hydrogen-bond donors (Lipinski definition) is 1. The quantitative estimate of drug-likeness (QED) is 0.410. The molecular formula is C19H17ClN4O2. The molecule has 0 aliphatic heterocycles. The largest absolute Gasteiger partial charge is 0.337 e. The van der Waals surface area contributed by atoms with E-state index in [-0.39, 0.29) is 0 Å². The summed E-state index contributed by atoms with van der Waals surface area (Å²) in [5, 5.41) is 4.01. The number of fused-ring (bicyclic) bond motifs is 3. The fourth-order valence-electron chi connectivity index (χ4n) is 2.91. The molecule has 2 aromatic carbocycles. The fourth-order valence-corrected chi connectivity index (χ4v) is 3.18. The van der Waals surface area contributed by atoms with Crippen LogP contribution >= 0.6 is 11.6 Å². The highest BCUT2D eigenvalue weighted by atomic mass is 35.5. The second-order valence-electron chi connectivity index (χ2n) is 5.92. The van der Waals surface area contributed by atoms with Gasteiger partial charge < -0.3 is 5.32 Å². The molecule has 0 fully saturated rings. The first-order valence-electron chi connectivity index (χ1n) is 8.10. The van der Waals surface area contributed by atoms with Crippen LogP contribution in [0.15, 0.2) is 48.9 Å². The number of aryl methyl sites for hydroxylation is 1. The number of nitrogens with zero attached hydrogens (tertiary/aromatic N) is 3. The lowest BCUT2D eigenvalue weighted by Gasteiger charge is -2.13. The van der Waals surface area contributed by atoms with Crippen LogP contribution in [0.5, 0.6) is 0 Å². The molecule has 4 rings (SSSR count). The van der Waals surface area contributed by atoms with Gasteiger partial charge in [0.25, 0.3) is 0 Å². The third-order valence-electron chi connectivity index (χ3n) is 4.22. The maximum absolute atomic E-state index is 6.35. The lowest BCUT2D eigenvalue weighted by molar-refractivity contribution is -0.282. The van der Waals surface area contributed by atoms with Gasteiger partial charge >= 0.3 is 0 Å². The monoisotopic (exact) mass is 368 g/mol. The van der Waals surface area contributed by atoms with E-state index in [2.05, 4.69) is 15.2 Å². The number of anilines is 2. The summed E-state index contributed by atoms with van der Waals surface area (Å²) in [6.07, 6.45) is 3.55. The van der Waals surface area contributed by atoms with E-state index in [9.17, 15) is 0 Å². The maximum Gasteiger partial charge on any atom is 0.157 e. The SMILES string of the molecule is COOCc1ccc2nc(Nc3c(C)cccc3Cl)c3cncn3c2c1. The van der Waals surface area contributed by atoms with Crippen LogP contribution in [0.4, 0.5) is 11.5 Å². The Morgan fingerprint density at radius 1 is 1.19 bits per heavy atom. The van der Waals surface area contributed by atoms with Gasteiger partial charge in [-0.2, -0.15) is 0 Å². The van der Waals surface area contributed by atoms with Crippen LogP contribution in [-0.2, 0) is 16.4 Å². The standard InChI is InChI=1S/C19H17ClN4O2/c1-12-4-3-5-14(20)18(12)23-19-17-9-21-11-24(17)16-8-13(10-26-25-2)6-7-15(16)22-19/h3-9,11H,10H2,1-2H3,(H,22,23). The van der Waals surface area contributed by atoms with E-state index in [0.717, 1.165) is 33.4 Å². The summed E-state index contributed by atoms with van der Waals surface area (Å²) in [7, 11) is 1.49. The summed E-state index contributed by atoms with van der Waals surface area (Å²) < 4.78 is 1.99. The molecule has 0 aliphatic rings. The van der Waals surface area contributed by atoms with Crippen molar-refractivity contribution in [1.29, 1.82) is 0 Å². The van der Waals surface area contributed by atoms with Gasteiger partial charge in [0.2, 0.25) is 0 Å². The van der Waals surface area contributed by atoms with Crippen LogP contribution in [-0.4, -0.2) is 21.5 Å². The summed E-state index contributed by atoms with van der Waals surface area (Å²) in [6, 6.07) is 11.7. The van der Waals surface area contributed by atoms with Crippen molar-refractivity contribution < 1.29 is 9.78 Å². The molecule has 7 heteroatoms. The molecule has 0 radical (unpaired) electrons. The van der Waals surface area contributed by atoms with Crippen molar-refractivity contribution in [1.82, 2.24) is 14.4 Å². The normalized spacial score (nSPS) is 11.3. The Morgan fingerprint density at radius 3 is 2.88 bits per heavy atom. The molecule has 0 spiro atoms. The van der Waals surface area contributed by atoms with Crippen LogP contribution in [0.1, 0.15) is 11.1 Å². The molecule has 4 aromatic rings. The Balaban J connectivity index is 1.84. The van der Waals surface area contributed by atoms with Gasteiger partial charge in [0.1, 0.15) is 12.1 Å². The third-order valence-corrected chi connectivity index (χ3v) is 4.54. The maximum atomic E-state index is 6.35. The average molecular weight is 369 g/mol. The topological polar surface area (TPSA) is 60.7 Å². The number of rotatable bonds is 5. The Morgan fingerprint density at radius 2 is 2.08 bits per heavy atom. The zero-order valence-corrected chi connectivity index (χ0v) is 15.1. The highest BCUT2D eigenvalue weighted by Gasteiger charge is 2.12. The summed E-state index contributed by atoms with van der Waals surface area (Å²) in [5.74, 6) is 0.701. The van der Waals surface area contributed by atoms with Crippen molar-refractivity contribution in [2.45, 2.75) is 13.5 Å². The summed E-state index contributed by atoms with van der Waals surface area (Å²) in [6.45, 7) is 2.37. The van der Waals surface area contributed by atoms with Gasteiger partial charge in [0, 0.05) is 0 Å². The molecular weight excluding hydrogens is 352 g/mol. The van der Waals surface area contributed by atoms with E-state index >= 15 is 0 Å². The lowest BCUT2D eigenvalue weighted by atomic mass is 10.2. The molecule has 6 nitrogen and oxygen atoms in total.